The zero-order valence-electron chi connectivity index (χ0n) is 12.1. The van der Waals surface area contributed by atoms with Gasteiger partial charge in [-0.25, -0.2) is 0 Å². The first kappa shape index (κ1) is 15.1. The average molecular weight is 275 g/mol. The maximum atomic E-state index is 9.50. The zero-order chi connectivity index (χ0) is 14.2. The molecule has 1 aromatic rings. The van der Waals surface area contributed by atoms with Gasteiger partial charge in [0.25, 0.3) is 0 Å². The third-order valence-corrected chi connectivity index (χ3v) is 3.89. The molecule has 2 rings (SSSR count). The van der Waals surface area contributed by atoms with Crippen molar-refractivity contribution in [3.8, 4) is 5.75 Å². The molecular weight excluding hydrogens is 250 g/mol. The van der Waals surface area contributed by atoms with E-state index >= 15 is 0 Å². The first-order valence-electron chi connectivity index (χ1n) is 7.50. The van der Waals surface area contributed by atoms with Crippen LogP contribution in [0.3, 0.4) is 0 Å². The lowest BCUT2D eigenvalue weighted by Crippen LogP contribution is -2.27. The van der Waals surface area contributed by atoms with Crippen LogP contribution in [0.2, 0.25) is 0 Å². The number of aliphatic hydroxyl groups excluding tert-OH is 1. The molecule has 0 saturated heterocycles. The van der Waals surface area contributed by atoms with Crippen LogP contribution in [0.5, 0.6) is 5.75 Å². The molecule has 0 spiro atoms. The van der Waals surface area contributed by atoms with Crippen molar-refractivity contribution in [2.24, 2.45) is 5.92 Å². The smallest absolute Gasteiger partial charge is 0.124 e. The van der Waals surface area contributed by atoms with Crippen molar-refractivity contribution in [3.63, 3.8) is 0 Å². The van der Waals surface area contributed by atoms with Gasteiger partial charge in [-0.05, 0) is 44.2 Å². The molecule has 0 radical (unpaired) electrons. The molecule has 1 aliphatic rings. The Morgan fingerprint density at radius 1 is 1.25 bits per heavy atom. The van der Waals surface area contributed by atoms with E-state index in [-0.39, 0.29) is 6.10 Å². The van der Waals surface area contributed by atoms with Crippen LogP contribution in [0.4, 0.5) is 0 Å². The monoisotopic (exact) mass is 275 g/mol. The Morgan fingerprint density at radius 2 is 2.00 bits per heavy atom. The molecule has 0 heterocycles. The molecule has 3 nitrogen and oxygen atoms in total. The third kappa shape index (κ3) is 4.66. The van der Waals surface area contributed by atoms with E-state index in [0.717, 1.165) is 44.5 Å². The molecule has 1 aliphatic carbocycles. The van der Waals surface area contributed by atoms with Gasteiger partial charge in [0.2, 0.25) is 0 Å². The van der Waals surface area contributed by atoms with Crippen molar-refractivity contribution < 1.29 is 9.84 Å². The highest BCUT2D eigenvalue weighted by Gasteiger charge is 2.18. The van der Waals surface area contributed by atoms with E-state index in [1.807, 2.05) is 18.2 Å². The molecule has 0 aliphatic heterocycles. The molecular formula is C17H25NO2. The lowest BCUT2D eigenvalue weighted by atomic mass is 9.87. The summed E-state index contributed by atoms with van der Waals surface area (Å²) in [6.45, 7) is 6.06. The summed E-state index contributed by atoms with van der Waals surface area (Å²) >= 11 is 0. The van der Waals surface area contributed by atoms with Gasteiger partial charge in [0, 0.05) is 12.1 Å². The van der Waals surface area contributed by atoms with Crippen molar-refractivity contribution in [1.82, 2.24) is 5.32 Å². The number of benzene rings is 1. The van der Waals surface area contributed by atoms with Gasteiger partial charge < -0.3 is 15.2 Å². The minimum Gasteiger partial charge on any atom is -0.489 e. The van der Waals surface area contributed by atoms with Crippen LogP contribution in [-0.2, 0) is 6.54 Å². The second kappa shape index (κ2) is 8.08. The Balaban J connectivity index is 1.77. The van der Waals surface area contributed by atoms with E-state index in [9.17, 15) is 5.11 Å². The molecule has 1 saturated carbocycles. The Labute approximate surface area is 121 Å². The van der Waals surface area contributed by atoms with Gasteiger partial charge in [-0.15, -0.1) is 0 Å². The second-order valence-corrected chi connectivity index (χ2v) is 5.51. The summed E-state index contributed by atoms with van der Waals surface area (Å²) in [6.07, 6.45) is 5.85. The maximum Gasteiger partial charge on any atom is 0.124 e. The van der Waals surface area contributed by atoms with E-state index in [2.05, 4.69) is 18.0 Å². The van der Waals surface area contributed by atoms with Crippen LogP contribution in [0.25, 0.3) is 0 Å². The van der Waals surface area contributed by atoms with Crippen molar-refractivity contribution in [3.05, 3.63) is 42.5 Å². The van der Waals surface area contributed by atoms with Crippen LogP contribution >= 0.6 is 0 Å². The lowest BCUT2D eigenvalue weighted by Gasteiger charge is -2.25. The fourth-order valence-corrected chi connectivity index (χ4v) is 2.70. The Hall–Kier alpha value is -1.32. The summed E-state index contributed by atoms with van der Waals surface area (Å²) in [4.78, 5) is 0. The van der Waals surface area contributed by atoms with Crippen molar-refractivity contribution in [2.45, 2.75) is 38.3 Å². The maximum absolute atomic E-state index is 9.50. The van der Waals surface area contributed by atoms with Gasteiger partial charge in [0.1, 0.15) is 12.4 Å². The van der Waals surface area contributed by atoms with Crippen LogP contribution in [-0.4, -0.2) is 24.4 Å². The van der Waals surface area contributed by atoms with Gasteiger partial charge in [-0.1, -0.05) is 30.9 Å². The number of hydrogen-bond acceptors (Lipinski definition) is 3. The van der Waals surface area contributed by atoms with Gasteiger partial charge in [-0.2, -0.15) is 0 Å². The number of aliphatic hydroxyl groups is 1. The minimum atomic E-state index is -0.0701. The summed E-state index contributed by atoms with van der Waals surface area (Å²) in [6, 6.07) is 8.12. The van der Waals surface area contributed by atoms with Gasteiger partial charge >= 0.3 is 0 Å². The zero-order valence-corrected chi connectivity index (χ0v) is 12.1. The second-order valence-electron chi connectivity index (χ2n) is 5.51. The number of para-hydroxylation sites is 1. The first-order chi connectivity index (χ1) is 9.79. The summed E-state index contributed by atoms with van der Waals surface area (Å²) in [5.41, 5.74) is 1.19. The van der Waals surface area contributed by atoms with Crippen LogP contribution in [0.1, 0.15) is 31.2 Å². The molecule has 1 fully saturated rings. The van der Waals surface area contributed by atoms with E-state index in [4.69, 9.17) is 4.74 Å². The summed E-state index contributed by atoms with van der Waals surface area (Å²) in [5.74, 6) is 1.62. The van der Waals surface area contributed by atoms with Gasteiger partial charge in [0.05, 0.1) is 6.10 Å². The van der Waals surface area contributed by atoms with Gasteiger partial charge in [-0.3, -0.25) is 0 Å². The highest BCUT2D eigenvalue weighted by atomic mass is 16.5. The molecule has 20 heavy (non-hydrogen) atoms. The van der Waals surface area contributed by atoms with Crippen LogP contribution in [0, 0.1) is 5.92 Å². The lowest BCUT2D eigenvalue weighted by molar-refractivity contribution is 0.108. The average Bonchev–Trinajstić information content (AvgIpc) is 2.48. The largest absolute Gasteiger partial charge is 0.489 e. The number of rotatable bonds is 7. The van der Waals surface area contributed by atoms with Crippen molar-refractivity contribution in [1.29, 1.82) is 0 Å². The van der Waals surface area contributed by atoms with E-state index < -0.39 is 0 Å². The molecule has 0 unspecified atom stereocenters. The highest BCUT2D eigenvalue weighted by Crippen LogP contribution is 2.24. The van der Waals surface area contributed by atoms with E-state index in [0.29, 0.717) is 12.5 Å². The minimum absolute atomic E-state index is 0.0701. The predicted octanol–water partition coefficient (Wildman–Crippen LogP) is 2.89. The molecule has 2 N–H and O–H groups in total. The number of hydrogen-bond donors (Lipinski definition) is 2. The molecule has 0 atom stereocenters. The quantitative estimate of drug-likeness (QED) is 0.752. The van der Waals surface area contributed by atoms with E-state index in [1.165, 1.54) is 5.56 Å². The third-order valence-electron chi connectivity index (χ3n) is 3.89. The molecule has 0 bridgehead atoms. The predicted molar refractivity (Wildman–Crippen MR) is 81.8 cm³/mol. The fourth-order valence-electron chi connectivity index (χ4n) is 2.70. The Morgan fingerprint density at radius 3 is 2.75 bits per heavy atom. The van der Waals surface area contributed by atoms with Crippen molar-refractivity contribution in [2.75, 3.05) is 13.2 Å². The highest BCUT2D eigenvalue weighted by molar-refractivity contribution is 5.33. The molecule has 1 aromatic carbocycles. The molecule has 0 amide bonds. The SMILES string of the molecule is C=CCOc1ccccc1CNCC1CCC(O)CC1. The normalized spacial score (nSPS) is 22.4. The summed E-state index contributed by atoms with van der Waals surface area (Å²) in [7, 11) is 0. The molecule has 3 heteroatoms. The van der Waals surface area contributed by atoms with E-state index in [1.54, 1.807) is 6.08 Å². The topological polar surface area (TPSA) is 41.5 Å². The Kier molecular flexibility index (Phi) is 6.09. The van der Waals surface area contributed by atoms with Gasteiger partial charge in [0.15, 0.2) is 0 Å². The number of ether oxygens (including phenoxy) is 1. The first-order valence-corrected chi connectivity index (χ1v) is 7.50. The standard InChI is InChI=1S/C17H25NO2/c1-2-11-20-17-6-4-3-5-15(17)13-18-12-14-7-9-16(19)10-8-14/h2-6,14,16,18-19H,1,7-13H2. The summed E-state index contributed by atoms with van der Waals surface area (Å²) in [5, 5.41) is 13.0. The van der Waals surface area contributed by atoms with Crippen LogP contribution in [0.15, 0.2) is 36.9 Å². The summed E-state index contributed by atoms with van der Waals surface area (Å²) < 4.78 is 5.65. The molecule has 110 valence electrons. The molecule has 0 aromatic heterocycles. The fraction of sp³-hybridized carbons (Fsp3) is 0.529. The van der Waals surface area contributed by atoms with Crippen LogP contribution < -0.4 is 10.1 Å². The number of nitrogens with one attached hydrogen (secondary N) is 1. The van der Waals surface area contributed by atoms with Crippen molar-refractivity contribution >= 4 is 0 Å². The Bertz CT molecular complexity index is 411.